The summed E-state index contributed by atoms with van der Waals surface area (Å²) in [5, 5.41) is 18.9. The van der Waals surface area contributed by atoms with Gasteiger partial charge in [-0.3, -0.25) is 4.79 Å². The fourth-order valence-corrected chi connectivity index (χ4v) is 2.88. The Bertz CT molecular complexity index is 1280. The first-order valence-electron chi connectivity index (χ1n) is 9.40. The number of azo groups is 1. The third kappa shape index (κ3) is 4.91. The van der Waals surface area contributed by atoms with Crippen LogP contribution in [0.4, 0.5) is 11.4 Å². The van der Waals surface area contributed by atoms with Crippen LogP contribution < -0.4 is 5.48 Å². The highest BCUT2D eigenvalue weighted by molar-refractivity contribution is 5.96. The minimum absolute atomic E-state index is 0.0188. The Labute approximate surface area is 177 Å². The van der Waals surface area contributed by atoms with Gasteiger partial charge in [0.2, 0.25) is 0 Å². The lowest BCUT2D eigenvalue weighted by molar-refractivity contribution is 0.0596. The highest BCUT2D eigenvalue weighted by Crippen LogP contribution is 2.19. The summed E-state index contributed by atoms with van der Waals surface area (Å²) in [4.78, 5) is 29.4. The molecular formula is C24H17N3O4. The molecule has 0 bridgehead atoms. The van der Waals surface area contributed by atoms with E-state index in [9.17, 15) is 14.7 Å². The lowest BCUT2D eigenvalue weighted by Gasteiger charge is -2.07. The molecule has 4 aromatic rings. The fourth-order valence-electron chi connectivity index (χ4n) is 2.88. The zero-order chi connectivity index (χ0) is 21.6. The molecule has 152 valence electrons. The van der Waals surface area contributed by atoms with Crippen molar-refractivity contribution in [3.8, 4) is 5.75 Å². The Hall–Kier alpha value is -4.52. The molecule has 2 N–H and O–H groups in total. The van der Waals surface area contributed by atoms with E-state index in [0.717, 1.165) is 10.8 Å². The number of rotatable bonds is 5. The number of phenolic OH excluding ortho intramolecular Hbond substituents is 1. The van der Waals surface area contributed by atoms with E-state index in [0.29, 0.717) is 16.9 Å². The SMILES string of the molecule is O=C(N=Nc1ccc(NOC(=O)c2ccc3ccccc3c2)cc1)c1cccc(O)c1. The number of aromatic hydroxyl groups is 1. The number of nitrogens with zero attached hydrogens (tertiary/aromatic N) is 2. The van der Waals surface area contributed by atoms with Gasteiger partial charge in [0.1, 0.15) is 5.75 Å². The number of carbonyl (C=O) groups excluding carboxylic acids is 2. The van der Waals surface area contributed by atoms with E-state index in [1.54, 1.807) is 42.5 Å². The highest BCUT2D eigenvalue weighted by atomic mass is 16.7. The minimum atomic E-state index is -0.567. The smallest absolute Gasteiger partial charge is 0.362 e. The summed E-state index contributed by atoms with van der Waals surface area (Å²) in [6.45, 7) is 0. The van der Waals surface area contributed by atoms with Gasteiger partial charge in [0, 0.05) is 5.56 Å². The van der Waals surface area contributed by atoms with Gasteiger partial charge in [-0.05, 0) is 65.4 Å². The molecule has 4 aromatic carbocycles. The van der Waals surface area contributed by atoms with Crippen LogP contribution >= 0.6 is 0 Å². The topological polar surface area (TPSA) is 100 Å². The number of nitrogens with one attached hydrogen (secondary N) is 1. The number of benzene rings is 4. The van der Waals surface area contributed by atoms with Crippen LogP contribution in [-0.2, 0) is 4.84 Å². The number of anilines is 1. The molecule has 0 heterocycles. The second-order valence-corrected chi connectivity index (χ2v) is 6.66. The maximum Gasteiger partial charge on any atom is 0.362 e. The Morgan fingerprint density at radius 1 is 0.774 bits per heavy atom. The van der Waals surface area contributed by atoms with Crippen molar-refractivity contribution >= 4 is 34.0 Å². The lowest BCUT2D eigenvalue weighted by atomic mass is 10.1. The minimum Gasteiger partial charge on any atom is -0.508 e. The first kappa shape index (κ1) is 19.8. The van der Waals surface area contributed by atoms with Gasteiger partial charge in [0.15, 0.2) is 0 Å². The standard InChI is InChI=1S/C24H17N3O4/c28-22-7-3-6-18(15-22)23(29)26-25-20-10-12-21(13-11-20)27-31-24(30)19-9-8-16-4-1-2-5-17(16)14-19/h1-15,27-28H. The molecule has 0 fully saturated rings. The van der Waals surface area contributed by atoms with Gasteiger partial charge < -0.3 is 9.94 Å². The van der Waals surface area contributed by atoms with E-state index < -0.39 is 11.9 Å². The van der Waals surface area contributed by atoms with Crippen molar-refractivity contribution in [2.45, 2.75) is 0 Å². The summed E-state index contributed by atoms with van der Waals surface area (Å²) in [6, 6.07) is 25.5. The summed E-state index contributed by atoms with van der Waals surface area (Å²) >= 11 is 0. The van der Waals surface area contributed by atoms with Gasteiger partial charge >= 0.3 is 5.97 Å². The molecule has 0 spiro atoms. The molecule has 1 amide bonds. The van der Waals surface area contributed by atoms with Crippen molar-refractivity contribution in [1.82, 2.24) is 0 Å². The predicted octanol–water partition coefficient (Wildman–Crippen LogP) is 5.65. The van der Waals surface area contributed by atoms with Crippen molar-refractivity contribution in [1.29, 1.82) is 0 Å². The van der Waals surface area contributed by atoms with Crippen LogP contribution in [0, 0.1) is 0 Å². The van der Waals surface area contributed by atoms with Gasteiger partial charge in [-0.25, -0.2) is 10.3 Å². The zero-order valence-corrected chi connectivity index (χ0v) is 16.2. The Morgan fingerprint density at radius 2 is 1.55 bits per heavy atom. The number of phenols is 1. The van der Waals surface area contributed by atoms with Gasteiger partial charge in [0.05, 0.1) is 16.9 Å². The molecule has 4 rings (SSSR count). The molecule has 0 saturated heterocycles. The molecule has 0 aliphatic rings. The molecule has 0 aromatic heterocycles. The second kappa shape index (κ2) is 8.87. The number of hydrogen-bond donors (Lipinski definition) is 2. The molecule has 0 radical (unpaired) electrons. The predicted molar refractivity (Wildman–Crippen MR) is 116 cm³/mol. The van der Waals surface area contributed by atoms with E-state index in [1.165, 1.54) is 18.2 Å². The highest BCUT2D eigenvalue weighted by Gasteiger charge is 2.09. The van der Waals surface area contributed by atoms with Crippen molar-refractivity contribution in [2.24, 2.45) is 10.2 Å². The van der Waals surface area contributed by atoms with Crippen molar-refractivity contribution in [3.63, 3.8) is 0 Å². The first-order valence-corrected chi connectivity index (χ1v) is 9.40. The average Bonchev–Trinajstić information content (AvgIpc) is 2.81. The van der Waals surface area contributed by atoms with Crippen LogP contribution in [0.25, 0.3) is 10.8 Å². The molecule has 31 heavy (non-hydrogen) atoms. The molecule has 7 nitrogen and oxygen atoms in total. The van der Waals surface area contributed by atoms with E-state index in [2.05, 4.69) is 15.7 Å². The van der Waals surface area contributed by atoms with Crippen LogP contribution in [0.2, 0.25) is 0 Å². The molecule has 0 atom stereocenters. The average molecular weight is 411 g/mol. The number of carbonyl (C=O) groups is 2. The van der Waals surface area contributed by atoms with E-state index in [4.69, 9.17) is 4.84 Å². The Kier molecular flexibility index (Phi) is 5.66. The maximum atomic E-state index is 12.3. The molecule has 0 aliphatic carbocycles. The maximum absolute atomic E-state index is 12.3. The number of amides is 1. The first-order chi connectivity index (χ1) is 15.1. The van der Waals surface area contributed by atoms with Crippen LogP contribution in [-0.4, -0.2) is 17.0 Å². The van der Waals surface area contributed by atoms with Crippen molar-refractivity contribution < 1.29 is 19.5 Å². The van der Waals surface area contributed by atoms with E-state index in [1.807, 2.05) is 30.3 Å². The van der Waals surface area contributed by atoms with E-state index in [-0.39, 0.29) is 11.3 Å². The van der Waals surface area contributed by atoms with E-state index >= 15 is 0 Å². The summed E-state index contributed by atoms with van der Waals surface area (Å²) in [5.74, 6) is -1.09. The summed E-state index contributed by atoms with van der Waals surface area (Å²) in [7, 11) is 0. The third-order valence-corrected chi connectivity index (χ3v) is 4.46. The largest absolute Gasteiger partial charge is 0.508 e. The Morgan fingerprint density at radius 3 is 2.32 bits per heavy atom. The summed E-state index contributed by atoms with van der Waals surface area (Å²) in [5.41, 5.74) is 4.25. The van der Waals surface area contributed by atoms with Crippen LogP contribution in [0.15, 0.2) is 101 Å². The fraction of sp³-hybridized carbons (Fsp3) is 0. The van der Waals surface area contributed by atoms with Gasteiger partial charge in [-0.15, -0.1) is 10.2 Å². The quantitative estimate of drug-likeness (QED) is 0.326. The van der Waals surface area contributed by atoms with Gasteiger partial charge in [-0.2, -0.15) is 0 Å². The molecule has 7 heteroatoms. The number of hydrogen-bond acceptors (Lipinski definition) is 6. The monoisotopic (exact) mass is 411 g/mol. The van der Waals surface area contributed by atoms with Crippen molar-refractivity contribution in [3.05, 3.63) is 102 Å². The Balaban J connectivity index is 1.35. The molecule has 0 aliphatic heterocycles. The lowest BCUT2D eigenvalue weighted by Crippen LogP contribution is -2.10. The van der Waals surface area contributed by atoms with Gasteiger partial charge in [0.25, 0.3) is 5.91 Å². The van der Waals surface area contributed by atoms with Crippen LogP contribution in [0.3, 0.4) is 0 Å². The zero-order valence-electron chi connectivity index (χ0n) is 16.2. The molecule has 0 saturated carbocycles. The summed E-state index contributed by atoms with van der Waals surface area (Å²) in [6.07, 6.45) is 0. The summed E-state index contributed by atoms with van der Waals surface area (Å²) < 4.78 is 0. The number of fused-ring (bicyclic) bond motifs is 1. The molecule has 0 unspecified atom stereocenters. The van der Waals surface area contributed by atoms with Crippen LogP contribution in [0.1, 0.15) is 20.7 Å². The van der Waals surface area contributed by atoms with Crippen LogP contribution in [0.5, 0.6) is 5.75 Å². The second-order valence-electron chi connectivity index (χ2n) is 6.66. The normalized spacial score (nSPS) is 10.8. The molecular weight excluding hydrogens is 394 g/mol. The third-order valence-electron chi connectivity index (χ3n) is 4.46. The van der Waals surface area contributed by atoms with Gasteiger partial charge in [-0.1, -0.05) is 36.4 Å². The van der Waals surface area contributed by atoms with Crippen molar-refractivity contribution in [2.75, 3.05) is 5.48 Å².